The first kappa shape index (κ1) is 15.7. The summed E-state index contributed by atoms with van der Waals surface area (Å²) in [5.74, 6) is 0.627. The van der Waals surface area contributed by atoms with Gasteiger partial charge in [-0.05, 0) is 43.4 Å². The first-order chi connectivity index (χ1) is 9.92. The minimum absolute atomic E-state index is 0.0823. The van der Waals surface area contributed by atoms with Crippen molar-refractivity contribution in [3.05, 3.63) is 23.8 Å². The summed E-state index contributed by atoms with van der Waals surface area (Å²) in [5.41, 5.74) is 0.505. The fourth-order valence-corrected chi connectivity index (χ4v) is 2.85. The zero-order chi connectivity index (χ0) is 15.5. The molecule has 21 heavy (non-hydrogen) atoms. The quantitative estimate of drug-likeness (QED) is 0.867. The van der Waals surface area contributed by atoms with E-state index in [9.17, 15) is 4.79 Å². The van der Waals surface area contributed by atoms with Crippen LogP contribution in [0.5, 0.6) is 11.5 Å². The predicted molar refractivity (Wildman–Crippen MR) is 81.2 cm³/mol. The molecule has 1 aromatic carbocycles. The molecule has 1 aromatic rings. The first-order valence-corrected chi connectivity index (χ1v) is 7.49. The Balaban J connectivity index is 2.20. The molecular formula is C17H24O4. The van der Waals surface area contributed by atoms with Gasteiger partial charge in [-0.25, -0.2) is 0 Å². The molecule has 0 aromatic heterocycles. The number of carboxylic acid groups (broad SMARTS) is 1. The molecule has 4 nitrogen and oxygen atoms in total. The van der Waals surface area contributed by atoms with Gasteiger partial charge in [-0.2, -0.15) is 0 Å². The average molecular weight is 292 g/mol. The van der Waals surface area contributed by atoms with Crippen LogP contribution >= 0.6 is 0 Å². The maximum Gasteiger partial charge on any atom is 0.304 e. The highest BCUT2D eigenvalue weighted by Gasteiger charge is 2.26. The monoisotopic (exact) mass is 292 g/mol. The summed E-state index contributed by atoms with van der Waals surface area (Å²) in [4.78, 5) is 11.0. The Morgan fingerprint density at radius 2 is 1.95 bits per heavy atom. The topological polar surface area (TPSA) is 55.8 Å². The number of carbonyl (C=O) groups is 1. The molecular weight excluding hydrogens is 268 g/mol. The summed E-state index contributed by atoms with van der Waals surface area (Å²) in [6, 6.07) is 5.74. The molecule has 4 heteroatoms. The largest absolute Gasteiger partial charge is 0.493 e. The summed E-state index contributed by atoms with van der Waals surface area (Å²) in [5, 5.41) is 9.03. The Morgan fingerprint density at radius 3 is 2.52 bits per heavy atom. The lowest BCUT2D eigenvalue weighted by molar-refractivity contribution is -0.138. The fraction of sp³-hybridized carbons (Fsp3) is 0.588. The van der Waals surface area contributed by atoms with E-state index in [0.717, 1.165) is 24.2 Å². The molecule has 0 saturated heterocycles. The van der Waals surface area contributed by atoms with Gasteiger partial charge in [0.25, 0.3) is 0 Å². The lowest BCUT2D eigenvalue weighted by Crippen LogP contribution is -2.21. The van der Waals surface area contributed by atoms with Gasteiger partial charge in [0.1, 0.15) is 0 Å². The van der Waals surface area contributed by atoms with Gasteiger partial charge in [0.05, 0.1) is 19.6 Å². The molecule has 0 aliphatic heterocycles. The van der Waals surface area contributed by atoms with Gasteiger partial charge in [-0.1, -0.05) is 19.9 Å². The molecule has 1 N–H and O–H groups in total. The normalized spacial score (nSPS) is 16.0. The standard InChI is InChI=1S/C17H24O4/c1-17(2,11-16(18)19)12-8-9-14(15(10-12)20-3)21-13-6-4-5-7-13/h8-10,13H,4-7,11H2,1-3H3,(H,18,19). The third-order valence-corrected chi connectivity index (χ3v) is 4.13. The van der Waals surface area contributed by atoms with Crippen molar-refractivity contribution < 1.29 is 19.4 Å². The summed E-state index contributed by atoms with van der Waals surface area (Å²) >= 11 is 0. The van der Waals surface area contributed by atoms with Crippen LogP contribution in [0.2, 0.25) is 0 Å². The molecule has 1 aliphatic rings. The highest BCUT2D eigenvalue weighted by Crippen LogP contribution is 2.36. The third-order valence-electron chi connectivity index (χ3n) is 4.13. The van der Waals surface area contributed by atoms with Crippen LogP contribution in [0, 0.1) is 0 Å². The molecule has 0 radical (unpaired) electrons. The van der Waals surface area contributed by atoms with Crippen LogP contribution in [0.25, 0.3) is 0 Å². The number of hydrogen-bond acceptors (Lipinski definition) is 3. The zero-order valence-corrected chi connectivity index (χ0v) is 13.0. The number of carboxylic acids is 1. The van der Waals surface area contributed by atoms with Gasteiger partial charge in [-0.3, -0.25) is 4.79 Å². The van der Waals surface area contributed by atoms with Crippen LogP contribution in [-0.2, 0) is 10.2 Å². The minimum atomic E-state index is -0.801. The fourth-order valence-electron chi connectivity index (χ4n) is 2.85. The van der Waals surface area contributed by atoms with E-state index in [2.05, 4.69) is 0 Å². The highest BCUT2D eigenvalue weighted by atomic mass is 16.5. The van der Waals surface area contributed by atoms with E-state index in [1.54, 1.807) is 7.11 Å². The van der Waals surface area contributed by atoms with Crippen LogP contribution in [-0.4, -0.2) is 24.3 Å². The van der Waals surface area contributed by atoms with Crippen molar-refractivity contribution in [1.82, 2.24) is 0 Å². The molecule has 2 rings (SSSR count). The molecule has 0 spiro atoms. The van der Waals surface area contributed by atoms with Gasteiger partial charge < -0.3 is 14.6 Å². The molecule has 0 amide bonds. The van der Waals surface area contributed by atoms with Crippen LogP contribution in [0.1, 0.15) is 51.5 Å². The summed E-state index contributed by atoms with van der Waals surface area (Å²) in [7, 11) is 1.62. The number of benzene rings is 1. The van der Waals surface area contributed by atoms with Crippen molar-refractivity contribution >= 4 is 5.97 Å². The van der Waals surface area contributed by atoms with Crippen molar-refractivity contribution in [3.8, 4) is 11.5 Å². The summed E-state index contributed by atoms with van der Waals surface area (Å²) in [6.07, 6.45) is 4.98. The Morgan fingerprint density at radius 1 is 1.29 bits per heavy atom. The van der Waals surface area contributed by atoms with E-state index >= 15 is 0 Å². The second-order valence-corrected chi connectivity index (χ2v) is 6.34. The molecule has 1 aliphatic carbocycles. The average Bonchev–Trinajstić information content (AvgIpc) is 2.90. The van der Waals surface area contributed by atoms with Crippen LogP contribution < -0.4 is 9.47 Å². The SMILES string of the molecule is COc1cc(C(C)(C)CC(=O)O)ccc1OC1CCCC1. The van der Waals surface area contributed by atoms with Crippen LogP contribution in [0.15, 0.2) is 18.2 Å². The maximum absolute atomic E-state index is 11.0. The van der Waals surface area contributed by atoms with E-state index in [4.69, 9.17) is 14.6 Å². The van der Waals surface area contributed by atoms with E-state index in [-0.39, 0.29) is 12.5 Å². The summed E-state index contributed by atoms with van der Waals surface area (Å²) in [6.45, 7) is 3.85. The van der Waals surface area contributed by atoms with Gasteiger partial charge in [0.15, 0.2) is 11.5 Å². The van der Waals surface area contributed by atoms with Gasteiger partial charge in [0, 0.05) is 5.41 Å². The molecule has 1 saturated carbocycles. The lowest BCUT2D eigenvalue weighted by Gasteiger charge is -2.25. The van der Waals surface area contributed by atoms with Crippen molar-refractivity contribution in [2.45, 2.75) is 57.5 Å². The van der Waals surface area contributed by atoms with Crippen molar-refractivity contribution in [1.29, 1.82) is 0 Å². The van der Waals surface area contributed by atoms with Crippen molar-refractivity contribution in [3.63, 3.8) is 0 Å². The molecule has 1 fully saturated rings. The molecule has 116 valence electrons. The van der Waals surface area contributed by atoms with Gasteiger partial charge in [-0.15, -0.1) is 0 Å². The second-order valence-electron chi connectivity index (χ2n) is 6.34. The Hall–Kier alpha value is -1.71. The molecule has 0 heterocycles. The van der Waals surface area contributed by atoms with E-state index in [0.29, 0.717) is 5.75 Å². The number of aliphatic carboxylic acids is 1. The van der Waals surface area contributed by atoms with Crippen LogP contribution in [0.3, 0.4) is 0 Å². The van der Waals surface area contributed by atoms with E-state index in [1.165, 1.54) is 12.8 Å². The van der Waals surface area contributed by atoms with E-state index in [1.807, 2.05) is 32.0 Å². The Labute approximate surface area is 126 Å². The number of hydrogen-bond donors (Lipinski definition) is 1. The smallest absolute Gasteiger partial charge is 0.304 e. The van der Waals surface area contributed by atoms with Gasteiger partial charge >= 0.3 is 5.97 Å². The minimum Gasteiger partial charge on any atom is -0.493 e. The van der Waals surface area contributed by atoms with Crippen molar-refractivity contribution in [2.75, 3.05) is 7.11 Å². The summed E-state index contributed by atoms with van der Waals surface area (Å²) < 4.78 is 11.4. The molecule has 0 atom stereocenters. The molecule has 0 unspecified atom stereocenters. The first-order valence-electron chi connectivity index (χ1n) is 7.49. The van der Waals surface area contributed by atoms with Crippen LogP contribution in [0.4, 0.5) is 0 Å². The highest BCUT2D eigenvalue weighted by molar-refractivity contribution is 5.69. The molecule has 0 bridgehead atoms. The number of ether oxygens (including phenoxy) is 2. The van der Waals surface area contributed by atoms with Crippen molar-refractivity contribution in [2.24, 2.45) is 0 Å². The zero-order valence-electron chi connectivity index (χ0n) is 13.0. The van der Waals surface area contributed by atoms with E-state index < -0.39 is 11.4 Å². The second kappa shape index (κ2) is 6.37. The number of methoxy groups -OCH3 is 1. The Kier molecular flexibility index (Phi) is 4.76. The lowest BCUT2D eigenvalue weighted by atomic mass is 9.81. The number of rotatable bonds is 6. The Bertz CT molecular complexity index is 502. The maximum atomic E-state index is 11.0. The third kappa shape index (κ3) is 3.90. The van der Waals surface area contributed by atoms with Gasteiger partial charge in [0.2, 0.25) is 0 Å². The predicted octanol–water partition coefficient (Wildman–Crippen LogP) is 3.77.